The number of fused-ring (bicyclic) bond motifs is 2. The first-order chi connectivity index (χ1) is 10.1. The van der Waals surface area contributed by atoms with Gasteiger partial charge in [-0.25, -0.2) is 0 Å². The Labute approximate surface area is 128 Å². The predicted molar refractivity (Wildman–Crippen MR) is 85.1 cm³/mol. The molecule has 1 aliphatic heterocycles. The summed E-state index contributed by atoms with van der Waals surface area (Å²) in [6, 6.07) is 4.38. The van der Waals surface area contributed by atoms with E-state index in [0.29, 0.717) is 11.1 Å². The van der Waals surface area contributed by atoms with Crippen LogP contribution in [0.15, 0.2) is 21.0 Å². The van der Waals surface area contributed by atoms with Crippen molar-refractivity contribution in [2.75, 3.05) is 6.54 Å². The zero-order valence-corrected chi connectivity index (χ0v) is 13.0. The lowest BCUT2D eigenvalue weighted by molar-refractivity contribution is 0.412. The molecular formula is C17H18ClNO2. The lowest BCUT2D eigenvalue weighted by Crippen LogP contribution is -2.27. The average molecular weight is 304 g/mol. The third-order valence-corrected chi connectivity index (χ3v) is 4.72. The Morgan fingerprint density at radius 2 is 1.76 bits per heavy atom. The Morgan fingerprint density at radius 1 is 1.05 bits per heavy atom. The van der Waals surface area contributed by atoms with Crippen LogP contribution >= 0.6 is 11.6 Å². The topological polar surface area (TPSA) is 38.3 Å². The fraction of sp³-hybridized carbons (Fsp3) is 0.412. The number of hydrogen-bond donors (Lipinski definition) is 1. The summed E-state index contributed by atoms with van der Waals surface area (Å²) in [5, 5.41) is 6.31. The zero-order valence-electron chi connectivity index (χ0n) is 12.3. The highest BCUT2D eigenvalue weighted by Crippen LogP contribution is 2.43. The summed E-state index contributed by atoms with van der Waals surface area (Å²) in [5.41, 5.74) is 2.89. The lowest BCUT2D eigenvalue weighted by Gasteiger charge is -2.24. The summed E-state index contributed by atoms with van der Waals surface area (Å²) in [6.45, 7) is 4.97. The highest BCUT2D eigenvalue weighted by atomic mass is 35.5. The number of benzene rings is 1. The first-order valence-electron chi connectivity index (χ1n) is 7.50. The van der Waals surface area contributed by atoms with Crippen LogP contribution < -0.4 is 5.32 Å². The smallest absolute Gasteiger partial charge is 0.154 e. The van der Waals surface area contributed by atoms with Gasteiger partial charge in [0.2, 0.25) is 0 Å². The Hall–Kier alpha value is -1.45. The molecule has 4 rings (SSSR count). The van der Waals surface area contributed by atoms with Crippen LogP contribution in [-0.2, 0) is 0 Å². The van der Waals surface area contributed by atoms with E-state index >= 15 is 0 Å². The Morgan fingerprint density at radius 3 is 2.48 bits per heavy atom. The van der Waals surface area contributed by atoms with Crippen molar-refractivity contribution in [1.82, 2.24) is 5.32 Å². The average Bonchev–Trinajstić information content (AvgIpc) is 3.03. The quantitative estimate of drug-likeness (QED) is 0.666. The van der Waals surface area contributed by atoms with E-state index in [1.54, 1.807) is 0 Å². The van der Waals surface area contributed by atoms with E-state index in [4.69, 9.17) is 20.4 Å². The van der Waals surface area contributed by atoms with E-state index in [-0.39, 0.29) is 0 Å². The standard InChI is InChI=1S/C17H18ClNO2/c1-9-7-11-14(13-5-3-4-6-19-13)16-12(8-10(2)20-16)15(18)17(11)21-9/h7-8,13,19H,3-6H2,1-2H3. The van der Waals surface area contributed by atoms with Gasteiger partial charge >= 0.3 is 0 Å². The minimum Gasteiger partial charge on any atom is -0.461 e. The number of halogens is 1. The minimum atomic E-state index is 0.309. The van der Waals surface area contributed by atoms with E-state index in [9.17, 15) is 0 Å². The van der Waals surface area contributed by atoms with Crippen molar-refractivity contribution in [3.8, 4) is 0 Å². The Balaban J connectivity index is 2.09. The summed E-state index contributed by atoms with van der Waals surface area (Å²) in [4.78, 5) is 0. The molecule has 0 amide bonds. The molecule has 0 radical (unpaired) electrons. The van der Waals surface area contributed by atoms with E-state index < -0.39 is 0 Å². The highest BCUT2D eigenvalue weighted by molar-refractivity contribution is 6.40. The monoisotopic (exact) mass is 303 g/mol. The number of aryl methyl sites for hydroxylation is 2. The summed E-state index contributed by atoms with van der Waals surface area (Å²) in [5.74, 6) is 1.77. The molecule has 1 atom stereocenters. The van der Waals surface area contributed by atoms with Crippen molar-refractivity contribution >= 4 is 33.5 Å². The largest absolute Gasteiger partial charge is 0.461 e. The number of furan rings is 2. The van der Waals surface area contributed by atoms with Gasteiger partial charge in [-0.15, -0.1) is 0 Å². The number of piperidine rings is 1. The van der Waals surface area contributed by atoms with Crippen molar-refractivity contribution in [2.45, 2.75) is 39.2 Å². The minimum absolute atomic E-state index is 0.309. The van der Waals surface area contributed by atoms with Crippen molar-refractivity contribution in [1.29, 1.82) is 0 Å². The van der Waals surface area contributed by atoms with Gasteiger partial charge in [0.25, 0.3) is 0 Å². The third-order valence-electron chi connectivity index (χ3n) is 4.34. The fourth-order valence-electron chi connectivity index (χ4n) is 3.44. The lowest BCUT2D eigenvalue weighted by atomic mass is 9.93. The molecule has 3 heterocycles. The van der Waals surface area contributed by atoms with Crippen LogP contribution in [0.2, 0.25) is 5.02 Å². The van der Waals surface area contributed by atoms with Gasteiger partial charge in [0.15, 0.2) is 5.58 Å². The molecular weight excluding hydrogens is 286 g/mol. The second kappa shape index (κ2) is 4.79. The molecule has 1 fully saturated rings. The van der Waals surface area contributed by atoms with Gasteiger partial charge in [-0.1, -0.05) is 18.0 Å². The van der Waals surface area contributed by atoms with Gasteiger partial charge in [-0.2, -0.15) is 0 Å². The summed E-state index contributed by atoms with van der Waals surface area (Å²) in [6.07, 6.45) is 3.59. The van der Waals surface area contributed by atoms with Gasteiger partial charge < -0.3 is 14.2 Å². The second-order valence-electron chi connectivity index (χ2n) is 5.93. The number of rotatable bonds is 1. The molecule has 110 valence electrons. The predicted octanol–water partition coefficient (Wildman–Crippen LogP) is 5.26. The van der Waals surface area contributed by atoms with Gasteiger partial charge in [0.05, 0.1) is 5.02 Å². The van der Waals surface area contributed by atoms with Gasteiger partial charge in [0.1, 0.15) is 17.1 Å². The van der Waals surface area contributed by atoms with Crippen LogP contribution in [0.25, 0.3) is 21.9 Å². The zero-order chi connectivity index (χ0) is 14.6. The van der Waals surface area contributed by atoms with Gasteiger partial charge in [-0.05, 0) is 45.4 Å². The van der Waals surface area contributed by atoms with Crippen LogP contribution in [0, 0.1) is 13.8 Å². The summed E-state index contributed by atoms with van der Waals surface area (Å²) in [7, 11) is 0. The van der Waals surface area contributed by atoms with Crippen LogP contribution in [0.5, 0.6) is 0 Å². The van der Waals surface area contributed by atoms with Crippen LogP contribution in [0.4, 0.5) is 0 Å². The Kier molecular flexibility index (Phi) is 3.02. The maximum Gasteiger partial charge on any atom is 0.154 e. The molecule has 1 aliphatic rings. The molecule has 21 heavy (non-hydrogen) atoms. The normalized spacial score (nSPS) is 19.7. The summed E-state index contributed by atoms with van der Waals surface area (Å²) >= 11 is 6.54. The molecule has 1 saturated heterocycles. The molecule has 1 aromatic carbocycles. The molecule has 4 heteroatoms. The van der Waals surface area contributed by atoms with Crippen molar-refractivity contribution in [3.05, 3.63) is 34.2 Å². The fourth-order valence-corrected chi connectivity index (χ4v) is 3.72. The first kappa shape index (κ1) is 13.2. The SMILES string of the molecule is Cc1cc2c(C3CCCCN3)c3oc(C)cc3c(Cl)c2o1. The Bertz CT molecular complexity index is 767. The second-order valence-corrected chi connectivity index (χ2v) is 6.31. The molecule has 0 bridgehead atoms. The van der Waals surface area contributed by atoms with Crippen LogP contribution in [0.3, 0.4) is 0 Å². The molecule has 1 N–H and O–H groups in total. The van der Waals surface area contributed by atoms with Crippen molar-refractivity contribution in [3.63, 3.8) is 0 Å². The molecule has 1 unspecified atom stereocenters. The molecule has 3 aromatic rings. The van der Waals surface area contributed by atoms with Crippen molar-refractivity contribution in [2.24, 2.45) is 0 Å². The molecule has 2 aromatic heterocycles. The first-order valence-corrected chi connectivity index (χ1v) is 7.88. The van der Waals surface area contributed by atoms with E-state index in [0.717, 1.165) is 46.4 Å². The van der Waals surface area contributed by atoms with Crippen LogP contribution in [0.1, 0.15) is 42.4 Å². The molecule has 3 nitrogen and oxygen atoms in total. The van der Waals surface area contributed by atoms with Crippen molar-refractivity contribution < 1.29 is 8.83 Å². The number of nitrogens with one attached hydrogen (secondary N) is 1. The van der Waals surface area contributed by atoms with E-state index in [1.807, 2.05) is 19.9 Å². The van der Waals surface area contributed by atoms with E-state index in [1.165, 1.54) is 18.4 Å². The number of hydrogen-bond acceptors (Lipinski definition) is 3. The van der Waals surface area contributed by atoms with E-state index in [2.05, 4.69) is 11.4 Å². The van der Waals surface area contributed by atoms with Crippen LogP contribution in [-0.4, -0.2) is 6.54 Å². The van der Waals surface area contributed by atoms with Gasteiger partial charge in [-0.3, -0.25) is 0 Å². The molecule has 0 spiro atoms. The highest BCUT2D eigenvalue weighted by Gasteiger charge is 2.26. The molecule has 0 aliphatic carbocycles. The molecule has 0 saturated carbocycles. The van der Waals surface area contributed by atoms with Gasteiger partial charge in [0, 0.05) is 22.4 Å². The maximum atomic E-state index is 6.54. The maximum absolute atomic E-state index is 6.54. The third kappa shape index (κ3) is 1.99. The summed E-state index contributed by atoms with van der Waals surface area (Å²) < 4.78 is 11.8.